The molecule has 0 aliphatic rings. The second kappa shape index (κ2) is 12.4. The van der Waals surface area contributed by atoms with Crippen molar-refractivity contribution in [2.75, 3.05) is 6.54 Å². The van der Waals surface area contributed by atoms with E-state index < -0.39 is 30.0 Å². The van der Waals surface area contributed by atoms with Crippen molar-refractivity contribution in [1.82, 2.24) is 0 Å². The van der Waals surface area contributed by atoms with E-state index in [0.29, 0.717) is 0 Å². The van der Waals surface area contributed by atoms with Gasteiger partial charge in [0.05, 0.1) is 0 Å². The van der Waals surface area contributed by atoms with Gasteiger partial charge in [-0.25, -0.2) is 0 Å². The third-order valence-electron chi connectivity index (χ3n) is 3.46. The van der Waals surface area contributed by atoms with Gasteiger partial charge in [-0.2, -0.15) is 16.8 Å². The summed E-state index contributed by atoms with van der Waals surface area (Å²) in [4.78, 5) is -1.69. The topological polar surface area (TPSA) is 135 Å². The van der Waals surface area contributed by atoms with Crippen molar-refractivity contribution in [3.63, 3.8) is 0 Å². The highest BCUT2D eigenvalue weighted by Crippen LogP contribution is 2.19. The SMILES string of the molecule is CCCCCCCCCCN.O=S(=O)(O)c1ccccc1S(=O)(=O)O. The zero-order valence-corrected chi connectivity index (χ0v) is 16.2. The van der Waals surface area contributed by atoms with Gasteiger partial charge in [-0.15, -0.1) is 0 Å². The van der Waals surface area contributed by atoms with Crippen molar-refractivity contribution in [1.29, 1.82) is 0 Å². The molecule has 0 aromatic heterocycles. The lowest BCUT2D eigenvalue weighted by Crippen LogP contribution is -2.07. The Morgan fingerprint density at radius 1 is 0.760 bits per heavy atom. The molecule has 0 fully saturated rings. The van der Waals surface area contributed by atoms with E-state index in [1.165, 1.54) is 63.5 Å². The number of hydrogen-bond acceptors (Lipinski definition) is 5. The zero-order valence-electron chi connectivity index (χ0n) is 14.6. The van der Waals surface area contributed by atoms with Crippen LogP contribution in [-0.4, -0.2) is 32.5 Å². The molecular formula is C16H29NO6S2. The van der Waals surface area contributed by atoms with E-state index in [-0.39, 0.29) is 0 Å². The number of hydrogen-bond donors (Lipinski definition) is 3. The van der Waals surface area contributed by atoms with Crippen LogP contribution in [0.4, 0.5) is 0 Å². The van der Waals surface area contributed by atoms with Gasteiger partial charge in [0.25, 0.3) is 20.2 Å². The summed E-state index contributed by atoms with van der Waals surface area (Å²) in [5.74, 6) is 0. The summed E-state index contributed by atoms with van der Waals surface area (Å²) in [7, 11) is -9.31. The Kier molecular flexibility index (Phi) is 11.9. The lowest BCUT2D eigenvalue weighted by Gasteiger charge is -2.02. The third-order valence-corrected chi connectivity index (χ3v) is 5.42. The van der Waals surface area contributed by atoms with Crippen LogP contribution in [0, 0.1) is 0 Å². The van der Waals surface area contributed by atoms with E-state index in [1.54, 1.807) is 0 Å². The normalized spacial score (nSPS) is 11.7. The molecule has 0 amide bonds. The van der Waals surface area contributed by atoms with Crippen molar-refractivity contribution >= 4 is 20.2 Å². The van der Waals surface area contributed by atoms with Gasteiger partial charge in [-0.05, 0) is 25.1 Å². The van der Waals surface area contributed by atoms with E-state index in [4.69, 9.17) is 14.8 Å². The molecule has 0 saturated heterocycles. The molecule has 0 spiro atoms. The average Bonchev–Trinajstić information content (AvgIpc) is 2.53. The fourth-order valence-corrected chi connectivity index (χ4v) is 3.93. The molecule has 1 rings (SSSR count). The van der Waals surface area contributed by atoms with E-state index in [0.717, 1.165) is 18.7 Å². The highest BCUT2D eigenvalue weighted by Gasteiger charge is 2.22. The minimum Gasteiger partial charge on any atom is -0.330 e. The van der Waals surface area contributed by atoms with Crippen molar-refractivity contribution in [3.05, 3.63) is 24.3 Å². The predicted octanol–water partition coefficient (Wildman–Crippen LogP) is 3.27. The summed E-state index contributed by atoms with van der Waals surface area (Å²) in [6, 6.07) is 4.19. The first-order chi connectivity index (χ1) is 11.6. The molecule has 4 N–H and O–H groups in total. The minimum atomic E-state index is -4.66. The average molecular weight is 396 g/mol. The van der Waals surface area contributed by atoms with Gasteiger partial charge in [0.1, 0.15) is 9.79 Å². The molecule has 0 aliphatic carbocycles. The van der Waals surface area contributed by atoms with Crippen molar-refractivity contribution < 1.29 is 25.9 Å². The Labute approximate surface area is 151 Å². The summed E-state index contributed by atoms with van der Waals surface area (Å²) < 4.78 is 60.0. The molecule has 0 heterocycles. The monoisotopic (exact) mass is 395 g/mol. The first-order valence-corrected chi connectivity index (χ1v) is 11.3. The molecule has 1 aromatic rings. The molecule has 9 heteroatoms. The van der Waals surface area contributed by atoms with Crippen LogP contribution in [-0.2, 0) is 20.2 Å². The summed E-state index contributed by atoms with van der Waals surface area (Å²) in [5, 5.41) is 0. The number of nitrogens with two attached hydrogens (primary N) is 1. The zero-order chi connectivity index (χ0) is 19.3. The van der Waals surface area contributed by atoms with Crippen LogP contribution in [0.25, 0.3) is 0 Å². The molecule has 0 atom stereocenters. The van der Waals surface area contributed by atoms with Crippen LogP contribution >= 0.6 is 0 Å². The number of benzene rings is 1. The fraction of sp³-hybridized carbons (Fsp3) is 0.625. The van der Waals surface area contributed by atoms with Gasteiger partial charge < -0.3 is 5.73 Å². The van der Waals surface area contributed by atoms with Gasteiger partial charge in [0.15, 0.2) is 0 Å². The largest absolute Gasteiger partial charge is 0.330 e. The predicted molar refractivity (Wildman–Crippen MR) is 97.7 cm³/mol. The van der Waals surface area contributed by atoms with Gasteiger partial charge in [-0.3, -0.25) is 9.11 Å². The summed E-state index contributed by atoms with van der Waals surface area (Å²) in [6.45, 7) is 3.13. The van der Waals surface area contributed by atoms with E-state index in [9.17, 15) is 16.8 Å². The lowest BCUT2D eigenvalue weighted by molar-refractivity contribution is 0.466. The van der Waals surface area contributed by atoms with Crippen LogP contribution in [0.1, 0.15) is 58.3 Å². The maximum absolute atomic E-state index is 10.7. The quantitative estimate of drug-likeness (QED) is 0.409. The molecule has 0 saturated carbocycles. The Morgan fingerprint density at radius 3 is 1.44 bits per heavy atom. The fourth-order valence-electron chi connectivity index (χ4n) is 2.15. The maximum Gasteiger partial charge on any atom is 0.295 e. The van der Waals surface area contributed by atoms with E-state index in [1.807, 2.05) is 0 Å². The molecule has 146 valence electrons. The third kappa shape index (κ3) is 11.3. The van der Waals surface area contributed by atoms with Crippen LogP contribution in [0.2, 0.25) is 0 Å². The summed E-state index contributed by atoms with van der Waals surface area (Å²) in [5.41, 5.74) is 5.39. The first-order valence-electron chi connectivity index (χ1n) is 8.38. The van der Waals surface area contributed by atoms with Crippen molar-refractivity contribution in [2.24, 2.45) is 5.73 Å². The van der Waals surface area contributed by atoms with Crippen LogP contribution < -0.4 is 5.73 Å². The smallest absolute Gasteiger partial charge is 0.295 e. The van der Waals surface area contributed by atoms with Gasteiger partial charge >= 0.3 is 0 Å². The molecule has 1 aromatic carbocycles. The minimum absolute atomic E-state index is 0.845. The maximum atomic E-state index is 10.7. The second-order valence-corrected chi connectivity index (χ2v) is 8.44. The Bertz CT molecular complexity index is 627. The number of unbranched alkanes of at least 4 members (excludes halogenated alkanes) is 7. The summed E-state index contributed by atoms with van der Waals surface area (Å²) >= 11 is 0. The number of rotatable bonds is 10. The molecule has 0 radical (unpaired) electrons. The second-order valence-electron chi connectivity index (χ2n) is 5.66. The van der Waals surface area contributed by atoms with Gasteiger partial charge in [0, 0.05) is 0 Å². The highest BCUT2D eigenvalue weighted by atomic mass is 32.2. The van der Waals surface area contributed by atoms with Crippen LogP contribution in [0.15, 0.2) is 34.1 Å². The van der Waals surface area contributed by atoms with E-state index >= 15 is 0 Å². The standard InChI is InChI=1S/C10H23N.C6H6O6S2/c1-2-3-4-5-6-7-8-9-10-11;7-13(8,9)5-3-1-2-4-6(5)14(10,11)12/h2-11H2,1H3;1-4H,(H,7,8,9)(H,10,11,12). The molecule has 0 unspecified atom stereocenters. The highest BCUT2D eigenvalue weighted by molar-refractivity contribution is 7.89. The van der Waals surface area contributed by atoms with Crippen LogP contribution in [0.3, 0.4) is 0 Å². The van der Waals surface area contributed by atoms with Gasteiger partial charge in [0.2, 0.25) is 0 Å². The molecule has 0 aliphatic heterocycles. The Hall–Kier alpha value is -1.00. The Balaban J connectivity index is 0.000000477. The molecule has 0 bridgehead atoms. The first kappa shape index (κ1) is 24.0. The van der Waals surface area contributed by atoms with Crippen molar-refractivity contribution in [2.45, 2.75) is 68.1 Å². The van der Waals surface area contributed by atoms with E-state index in [2.05, 4.69) is 6.92 Å². The molecule has 7 nitrogen and oxygen atoms in total. The Morgan fingerprint density at radius 2 is 1.12 bits per heavy atom. The molecule has 25 heavy (non-hydrogen) atoms. The molecular weight excluding hydrogens is 366 g/mol. The summed E-state index contributed by atoms with van der Waals surface area (Å²) in [6.07, 6.45) is 11.0. The van der Waals surface area contributed by atoms with Crippen LogP contribution in [0.5, 0.6) is 0 Å². The van der Waals surface area contributed by atoms with Crippen molar-refractivity contribution in [3.8, 4) is 0 Å². The lowest BCUT2D eigenvalue weighted by atomic mass is 10.1. The van der Waals surface area contributed by atoms with Gasteiger partial charge in [-0.1, -0.05) is 64.0 Å².